The van der Waals surface area contributed by atoms with E-state index in [1.807, 2.05) is 31.2 Å². The normalized spacial score (nSPS) is 11.7. The molecule has 0 saturated heterocycles. The average Bonchev–Trinajstić information content (AvgIpc) is 3.26. The molecule has 5 rings (SSSR count). The van der Waals surface area contributed by atoms with Crippen LogP contribution < -0.4 is 4.74 Å². The molecule has 0 aliphatic carbocycles. The number of halogens is 4. The van der Waals surface area contributed by atoms with E-state index in [1.54, 1.807) is 48.5 Å². The Morgan fingerprint density at radius 2 is 1.54 bits per heavy atom. The summed E-state index contributed by atoms with van der Waals surface area (Å²) in [7, 11) is 0. The lowest BCUT2D eigenvalue weighted by atomic mass is 10.1. The van der Waals surface area contributed by atoms with Gasteiger partial charge in [-0.15, -0.1) is 0 Å². The van der Waals surface area contributed by atoms with Crippen molar-refractivity contribution in [1.82, 2.24) is 14.6 Å². The predicted octanol–water partition coefficient (Wildman–Crippen LogP) is 7.62. The molecule has 0 atom stereocenters. The summed E-state index contributed by atoms with van der Waals surface area (Å²) in [4.78, 5) is 4.45. The number of ether oxygens (including phenoxy) is 1. The molecule has 4 nitrogen and oxygen atoms in total. The Hall–Kier alpha value is -3.84. The highest BCUT2D eigenvalue weighted by molar-refractivity contribution is 6.30. The SMILES string of the molecule is Cc1cccc(COc2ccc(-c3cc(C(F)(F)F)n4nc(-c5ccc(Cl)cc5)cc4n3)cc2)c1. The number of hydrogen-bond acceptors (Lipinski definition) is 3. The Morgan fingerprint density at radius 1 is 0.857 bits per heavy atom. The van der Waals surface area contributed by atoms with Gasteiger partial charge in [0.05, 0.1) is 11.4 Å². The zero-order valence-corrected chi connectivity index (χ0v) is 19.3. The van der Waals surface area contributed by atoms with E-state index in [4.69, 9.17) is 16.3 Å². The van der Waals surface area contributed by atoms with Crippen LogP contribution in [0.4, 0.5) is 13.2 Å². The highest BCUT2D eigenvalue weighted by Crippen LogP contribution is 2.34. The lowest BCUT2D eigenvalue weighted by Gasteiger charge is -2.12. The lowest BCUT2D eigenvalue weighted by Crippen LogP contribution is -2.13. The molecule has 176 valence electrons. The zero-order valence-electron chi connectivity index (χ0n) is 18.6. The molecule has 2 aromatic heterocycles. The van der Waals surface area contributed by atoms with Crippen molar-refractivity contribution in [2.45, 2.75) is 19.7 Å². The van der Waals surface area contributed by atoms with Crippen LogP contribution in [-0.2, 0) is 12.8 Å². The molecule has 0 aliphatic heterocycles. The number of aryl methyl sites for hydroxylation is 1. The fraction of sp³-hybridized carbons (Fsp3) is 0.111. The van der Waals surface area contributed by atoms with Crippen LogP contribution in [0.3, 0.4) is 0 Å². The third kappa shape index (κ3) is 5.00. The minimum absolute atomic E-state index is 0.0968. The Balaban J connectivity index is 1.47. The van der Waals surface area contributed by atoms with E-state index < -0.39 is 11.9 Å². The maximum Gasteiger partial charge on any atom is 0.433 e. The molecule has 2 heterocycles. The van der Waals surface area contributed by atoms with E-state index in [-0.39, 0.29) is 11.3 Å². The second-order valence-electron chi connectivity index (χ2n) is 8.13. The summed E-state index contributed by atoms with van der Waals surface area (Å²) in [5.74, 6) is 0.613. The minimum Gasteiger partial charge on any atom is -0.489 e. The summed E-state index contributed by atoms with van der Waals surface area (Å²) in [6.45, 7) is 2.41. The molecule has 3 aromatic carbocycles. The predicted molar refractivity (Wildman–Crippen MR) is 129 cm³/mol. The first-order valence-corrected chi connectivity index (χ1v) is 11.2. The molecule has 0 bridgehead atoms. The van der Waals surface area contributed by atoms with Crippen molar-refractivity contribution in [3.05, 3.63) is 107 Å². The number of fused-ring (bicyclic) bond motifs is 1. The van der Waals surface area contributed by atoms with E-state index >= 15 is 0 Å². The van der Waals surface area contributed by atoms with Gasteiger partial charge in [-0.2, -0.15) is 18.3 Å². The van der Waals surface area contributed by atoms with Crippen molar-refractivity contribution >= 4 is 17.2 Å². The van der Waals surface area contributed by atoms with E-state index in [0.717, 1.165) is 21.7 Å². The lowest BCUT2D eigenvalue weighted by molar-refractivity contribution is -0.142. The molecule has 0 saturated carbocycles. The van der Waals surface area contributed by atoms with Gasteiger partial charge in [-0.3, -0.25) is 0 Å². The van der Waals surface area contributed by atoms with Gasteiger partial charge >= 0.3 is 6.18 Å². The van der Waals surface area contributed by atoms with E-state index in [9.17, 15) is 13.2 Å². The third-order valence-corrected chi connectivity index (χ3v) is 5.75. The number of aromatic nitrogens is 3. The number of rotatable bonds is 5. The summed E-state index contributed by atoms with van der Waals surface area (Å²) in [5.41, 5.74) is 3.11. The second-order valence-corrected chi connectivity index (χ2v) is 8.57. The molecule has 0 N–H and O–H groups in total. The highest BCUT2D eigenvalue weighted by Gasteiger charge is 2.35. The van der Waals surface area contributed by atoms with Crippen LogP contribution in [-0.4, -0.2) is 14.6 Å². The summed E-state index contributed by atoms with van der Waals surface area (Å²) >= 11 is 5.92. The fourth-order valence-corrected chi connectivity index (χ4v) is 3.90. The van der Waals surface area contributed by atoms with Crippen LogP contribution in [0, 0.1) is 6.92 Å². The third-order valence-electron chi connectivity index (χ3n) is 5.50. The zero-order chi connectivity index (χ0) is 24.6. The summed E-state index contributed by atoms with van der Waals surface area (Å²) in [6, 6.07) is 24.1. The Kier molecular flexibility index (Phi) is 5.94. The molecule has 0 spiro atoms. The largest absolute Gasteiger partial charge is 0.489 e. The maximum atomic E-state index is 13.9. The molecule has 0 aliphatic rings. The number of alkyl halides is 3. The molecule has 5 aromatic rings. The van der Waals surface area contributed by atoms with Gasteiger partial charge in [0.2, 0.25) is 0 Å². The second kappa shape index (κ2) is 9.07. The molecule has 0 radical (unpaired) electrons. The minimum atomic E-state index is -4.61. The van der Waals surface area contributed by atoms with E-state index in [0.29, 0.717) is 34.2 Å². The first kappa shape index (κ1) is 22.9. The van der Waals surface area contributed by atoms with Crippen molar-refractivity contribution < 1.29 is 17.9 Å². The van der Waals surface area contributed by atoms with Crippen LogP contribution in [0.15, 0.2) is 84.9 Å². The van der Waals surface area contributed by atoms with Crippen LogP contribution >= 0.6 is 11.6 Å². The molecular weight excluding hydrogens is 475 g/mol. The van der Waals surface area contributed by atoms with Gasteiger partial charge in [0, 0.05) is 22.2 Å². The van der Waals surface area contributed by atoms with Gasteiger partial charge in [-0.05, 0) is 55.0 Å². The molecule has 35 heavy (non-hydrogen) atoms. The summed E-state index contributed by atoms with van der Waals surface area (Å²) < 4.78 is 48.4. The van der Waals surface area contributed by atoms with Crippen molar-refractivity contribution in [3.8, 4) is 28.3 Å². The first-order chi connectivity index (χ1) is 16.8. The molecule has 0 unspecified atom stereocenters. The Bertz CT molecular complexity index is 1490. The monoisotopic (exact) mass is 493 g/mol. The number of benzene rings is 3. The van der Waals surface area contributed by atoms with Crippen molar-refractivity contribution in [3.63, 3.8) is 0 Å². The number of nitrogens with zero attached hydrogens (tertiary/aromatic N) is 3. The van der Waals surface area contributed by atoms with Crippen molar-refractivity contribution in [2.24, 2.45) is 0 Å². The molecule has 8 heteroatoms. The Labute approximate surface area is 204 Å². The summed E-state index contributed by atoms with van der Waals surface area (Å²) in [6.07, 6.45) is -4.61. The number of hydrogen-bond donors (Lipinski definition) is 0. The van der Waals surface area contributed by atoms with Gasteiger partial charge < -0.3 is 4.74 Å². The van der Waals surface area contributed by atoms with Crippen LogP contribution in [0.2, 0.25) is 5.02 Å². The average molecular weight is 494 g/mol. The van der Waals surface area contributed by atoms with E-state index in [2.05, 4.69) is 10.1 Å². The van der Waals surface area contributed by atoms with Gasteiger partial charge in [0.25, 0.3) is 0 Å². The topological polar surface area (TPSA) is 39.4 Å². The molecule has 0 amide bonds. The quantitative estimate of drug-likeness (QED) is 0.253. The van der Waals surface area contributed by atoms with Crippen LogP contribution in [0.1, 0.15) is 16.8 Å². The van der Waals surface area contributed by atoms with Gasteiger partial charge in [-0.25, -0.2) is 9.50 Å². The fourth-order valence-electron chi connectivity index (χ4n) is 3.78. The van der Waals surface area contributed by atoms with E-state index in [1.165, 1.54) is 6.07 Å². The van der Waals surface area contributed by atoms with Crippen LogP contribution in [0.25, 0.3) is 28.2 Å². The van der Waals surface area contributed by atoms with Gasteiger partial charge in [0.1, 0.15) is 12.4 Å². The summed E-state index contributed by atoms with van der Waals surface area (Å²) in [5, 5.41) is 4.69. The highest BCUT2D eigenvalue weighted by atomic mass is 35.5. The standard InChI is InChI=1S/C27H19ClF3N3O/c1-17-3-2-4-18(13-17)16-35-22-11-7-19(8-12-22)23-14-25(27(29,30)31)34-26(32-23)15-24(33-34)20-5-9-21(28)10-6-20/h2-15H,16H2,1H3. The molecule has 0 fully saturated rings. The Morgan fingerprint density at radius 3 is 2.23 bits per heavy atom. The molecular formula is C27H19ClF3N3O. The van der Waals surface area contributed by atoms with Gasteiger partial charge in [-0.1, -0.05) is 53.6 Å². The first-order valence-electron chi connectivity index (χ1n) is 10.8. The van der Waals surface area contributed by atoms with Crippen molar-refractivity contribution in [1.29, 1.82) is 0 Å². The van der Waals surface area contributed by atoms with Crippen LogP contribution in [0.5, 0.6) is 5.75 Å². The smallest absolute Gasteiger partial charge is 0.433 e. The van der Waals surface area contributed by atoms with Crippen molar-refractivity contribution in [2.75, 3.05) is 0 Å². The maximum absolute atomic E-state index is 13.9. The van der Waals surface area contributed by atoms with Gasteiger partial charge in [0.15, 0.2) is 11.3 Å².